The Hall–Kier alpha value is -3.05. The summed E-state index contributed by atoms with van der Waals surface area (Å²) in [4.78, 5) is 48.6. The van der Waals surface area contributed by atoms with Crippen LogP contribution in [-0.2, 0) is 11.3 Å². The van der Waals surface area contributed by atoms with Gasteiger partial charge in [0.1, 0.15) is 0 Å². The average Bonchev–Trinajstić information content (AvgIpc) is 2.45. The number of rotatable bonds is 5. The third-order valence-electron chi connectivity index (χ3n) is 3.20. The second kappa shape index (κ2) is 5.62. The van der Waals surface area contributed by atoms with Gasteiger partial charge in [-0.25, -0.2) is 4.79 Å². The van der Waals surface area contributed by atoms with Crippen molar-refractivity contribution in [2.45, 2.75) is 19.1 Å². The quantitative estimate of drug-likeness (QED) is 0.200. The number of aromatic nitrogens is 2. The van der Waals surface area contributed by atoms with Crippen molar-refractivity contribution < 1.29 is 14.8 Å². The van der Waals surface area contributed by atoms with Crippen LogP contribution in [0, 0.1) is 10.1 Å². The number of nitrogens with two attached hydrogens (primary N) is 1. The molecule has 2 aromatic rings. The normalized spacial score (nSPS) is 13.7. The molecular formula is C12H13N5O6. The van der Waals surface area contributed by atoms with Gasteiger partial charge in [-0.3, -0.25) is 25.0 Å². The third kappa shape index (κ3) is 3.25. The molecule has 0 saturated heterocycles. The Balaban J connectivity index is 2.58. The molecule has 0 fully saturated rings. The molecular weight excluding hydrogens is 310 g/mol. The van der Waals surface area contributed by atoms with E-state index in [4.69, 9.17) is 10.8 Å². The van der Waals surface area contributed by atoms with Crippen LogP contribution in [0.1, 0.15) is 12.5 Å². The molecule has 1 aromatic heterocycles. The number of nitrogens with one attached hydrogen (secondary N) is 3. The molecule has 11 nitrogen and oxygen atoms in total. The molecule has 0 unspecified atom stereocenters. The van der Waals surface area contributed by atoms with Gasteiger partial charge in [0.05, 0.1) is 16.0 Å². The second-order valence-corrected chi connectivity index (χ2v) is 5.05. The maximum Gasteiger partial charge on any atom is 0.338 e. The number of benzene rings is 1. The Labute approximate surface area is 127 Å². The number of carboxylic acid groups (broad SMARTS) is 1. The molecule has 23 heavy (non-hydrogen) atoms. The highest BCUT2D eigenvalue weighted by Gasteiger charge is 2.27. The van der Waals surface area contributed by atoms with Crippen LogP contribution in [0.15, 0.2) is 21.7 Å². The Bertz CT molecular complexity index is 912. The van der Waals surface area contributed by atoms with Gasteiger partial charge >= 0.3 is 17.1 Å². The molecule has 0 aliphatic heterocycles. The van der Waals surface area contributed by atoms with Crippen LogP contribution in [-0.4, -0.2) is 31.6 Å². The maximum atomic E-state index is 11.4. The van der Waals surface area contributed by atoms with Crippen molar-refractivity contribution in [3.8, 4) is 0 Å². The van der Waals surface area contributed by atoms with Gasteiger partial charge in [-0.05, 0) is 12.5 Å². The summed E-state index contributed by atoms with van der Waals surface area (Å²) in [6, 6.07) is 2.25. The molecule has 0 saturated carbocycles. The lowest BCUT2D eigenvalue weighted by molar-refractivity contribution is -0.384. The van der Waals surface area contributed by atoms with E-state index >= 15 is 0 Å². The molecule has 6 N–H and O–H groups in total. The van der Waals surface area contributed by atoms with Crippen LogP contribution < -0.4 is 22.2 Å². The number of aliphatic carboxylic acids is 1. The van der Waals surface area contributed by atoms with E-state index in [-0.39, 0.29) is 28.8 Å². The number of aromatic amines is 2. The van der Waals surface area contributed by atoms with Crippen LogP contribution in [0.4, 0.5) is 5.69 Å². The molecule has 122 valence electrons. The number of H-pyrrole nitrogens is 2. The molecule has 0 spiro atoms. The summed E-state index contributed by atoms with van der Waals surface area (Å²) in [5, 5.41) is 22.4. The predicted molar refractivity (Wildman–Crippen MR) is 78.9 cm³/mol. The fraction of sp³-hybridized carbons (Fsp3) is 0.250. The highest BCUT2D eigenvalue weighted by molar-refractivity contribution is 5.81. The van der Waals surface area contributed by atoms with E-state index in [2.05, 4.69) is 15.3 Å². The van der Waals surface area contributed by atoms with Gasteiger partial charge in [0.25, 0.3) is 5.69 Å². The molecule has 0 amide bonds. The van der Waals surface area contributed by atoms with Crippen LogP contribution in [0.5, 0.6) is 0 Å². The number of carbonyl (C=O) groups is 1. The summed E-state index contributed by atoms with van der Waals surface area (Å²) in [6.07, 6.45) is 0. The van der Waals surface area contributed by atoms with Crippen molar-refractivity contribution in [1.29, 1.82) is 0 Å². The van der Waals surface area contributed by atoms with E-state index in [1.54, 1.807) is 0 Å². The topological polar surface area (TPSA) is 184 Å². The van der Waals surface area contributed by atoms with E-state index < -0.39 is 27.7 Å². The fourth-order valence-electron chi connectivity index (χ4n) is 1.88. The van der Waals surface area contributed by atoms with Gasteiger partial charge in [-0.1, -0.05) is 0 Å². The Morgan fingerprint density at radius 2 is 2.00 bits per heavy atom. The smallest absolute Gasteiger partial charge is 0.338 e. The number of hydrogen-bond acceptors (Lipinski definition) is 7. The van der Waals surface area contributed by atoms with Gasteiger partial charge in [0.15, 0.2) is 5.66 Å². The van der Waals surface area contributed by atoms with E-state index in [0.29, 0.717) is 0 Å². The summed E-state index contributed by atoms with van der Waals surface area (Å²) in [6.45, 7) is 1.03. The van der Waals surface area contributed by atoms with E-state index in [1.165, 1.54) is 6.92 Å². The van der Waals surface area contributed by atoms with Crippen molar-refractivity contribution in [3.63, 3.8) is 0 Å². The van der Waals surface area contributed by atoms with Gasteiger partial charge in [0, 0.05) is 18.7 Å². The minimum absolute atomic E-state index is 0.0506. The number of hydrogen-bond donors (Lipinski definition) is 5. The Kier molecular flexibility index (Phi) is 3.99. The van der Waals surface area contributed by atoms with Crippen molar-refractivity contribution in [1.82, 2.24) is 15.3 Å². The standard InChI is InChI=1S/C12H13N5O6/c1-12(13,11(20)21)14-4-5-2-6(17(22)23)3-7-8(5)16-10(19)9(18)15-7/h2-3,14H,4,13H2,1H3,(H,15,18)(H,16,19)(H,20,21)/t12-/m1/s1. The number of fused-ring (bicyclic) bond motifs is 1. The van der Waals surface area contributed by atoms with Crippen molar-refractivity contribution in [2.75, 3.05) is 0 Å². The van der Waals surface area contributed by atoms with Crippen molar-refractivity contribution >= 4 is 22.7 Å². The zero-order chi connectivity index (χ0) is 17.4. The first kappa shape index (κ1) is 16.3. The monoisotopic (exact) mass is 323 g/mol. The van der Waals surface area contributed by atoms with Gasteiger partial charge in [0.2, 0.25) is 0 Å². The van der Waals surface area contributed by atoms with Crippen molar-refractivity contribution in [3.05, 3.63) is 48.5 Å². The Morgan fingerprint density at radius 3 is 2.57 bits per heavy atom. The lowest BCUT2D eigenvalue weighted by Crippen LogP contribution is -2.56. The summed E-state index contributed by atoms with van der Waals surface area (Å²) in [5.41, 5.74) is 1.95. The summed E-state index contributed by atoms with van der Waals surface area (Å²) in [5.74, 6) is -1.32. The van der Waals surface area contributed by atoms with Gasteiger partial charge in [-0.15, -0.1) is 0 Å². The molecule has 11 heteroatoms. The minimum Gasteiger partial charge on any atom is -0.479 e. The maximum absolute atomic E-state index is 11.4. The number of nitrogens with zero attached hydrogens (tertiary/aromatic N) is 1. The fourth-order valence-corrected chi connectivity index (χ4v) is 1.88. The molecule has 1 atom stereocenters. The molecule has 1 heterocycles. The minimum atomic E-state index is -1.78. The van der Waals surface area contributed by atoms with E-state index in [1.807, 2.05) is 0 Å². The summed E-state index contributed by atoms with van der Waals surface area (Å²) < 4.78 is 0. The van der Waals surface area contributed by atoms with Gasteiger partial charge < -0.3 is 20.8 Å². The number of nitro benzene ring substituents is 1. The molecule has 0 aliphatic carbocycles. The number of non-ortho nitro benzene ring substituents is 1. The highest BCUT2D eigenvalue weighted by Crippen LogP contribution is 2.21. The average molecular weight is 323 g/mol. The molecule has 0 radical (unpaired) electrons. The lowest BCUT2D eigenvalue weighted by Gasteiger charge is -2.21. The zero-order valence-electron chi connectivity index (χ0n) is 11.9. The van der Waals surface area contributed by atoms with Crippen molar-refractivity contribution in [2.24, 2.45) is 5.73 Å². The number of carboxylic acids is 1. The predicted octanol–water partition coefficient (Wildman–Crippen LogP) is -1.03. The van der Waals surface area contributed by atoms with Crippen LogP contribution in [0.2, 0.25) is 0 Å². The summed E-state index contributed by atoms with van der Waals surface area (Å²) >= 11 is 0. The Morgan fingerprint density at radius 1 is 1.39 bits per heavy atom. The largest absolute Gasteiger partial charge is 0.479 e. The molecule has 2 rings (SSSR count). The molecule has 0 bridgehead atoms. The molecule has 0 aliphatic rings. The number of nitro groups is 1. The summed E-state index contributed by atoms with van der Waals surface area (Å²) in [7, 11) is 0. The lowest BCUT2D eigenvalue weighted by atomic mass is 10.1. The highest BCUT2D eigenvalue weighted by atomic mass is 16.6. The third-order valence-corrected chi connectivity index (χ3v) is 3.20. The van der Waals surface area contributed by atoms with Crippen LogP contribution in [0.25, 0.3) is 11.0 Å². The van der Waals surface area contributed by atoms with Crippen LogP contribution in [0.3, 0.4) is 0 Å². The molecule has 1 aromatic carbocycles. The first-order valence-electron chi connectivity index (χ1n) is 6.33. The van der Waals surface area contributed by atoms with E-state index in [0.717, 1.165) is 12.1 Å². The first-order valence-corrected chi connectivity index (χ1v) is 6.33. The SMILES string of the molecule is C[C@@](N)(NCc1cc([N+](=O)[O-])cc2[nH]c(=O)c(=O)[nH]c12)C(=O)O. The van der Waals surface area contributed by atoms with Gasteiger partial charge in [-0.2, -0.15) is 0 Å². The second-order valence-electron chi connectivity index (χ2n) is 5.05. The first-order chi connectivity index (χ1) is 10.6. The zero-order valence-corrected chi connectivity index (χ0v) is 11.9. The van der Waals surface area contributed by atoms with Crippen LogP contribution >= 0.6 is 0 Å². The van der Waals surface area contributed by atoms with E-state index in [9.17, 15) is 24.5 Å².